The third kappa shape index (κ3) is 4.38. The van der Waals surface area contributed by atoms with Gasteiger partial charge in [0, 0.05) is 5.56 Å². The summed E-state index contributed by atoms with van der Waals surface area (Å²) < 4.78 is 46.8. The fourth-order valence-corrected chi connectivity index (χ4v) is 3.88. The minimum atomic E-state index is -4.68. The fourth-order valence-electron chi connectivity index (χ4n) is 2.82. The molecule has 4 aromatic rings. The Morgan fingerprint density at radius 1 is 1.00 bits per heavy atom. The van der Waals surface area contributed by atoms with Crippen molar-refractivity contribution in [1.29, 1.82) is 0 Å². The first-order chi connectivity index (χ1) is 14.8. The van der Waals surface area contributed by atoms with Crippen molar-refractivity contribution in [1.82, 2.24) is 15.2 Å². The topological polar surface area (TPSA) is 91.0 Å². The second-order valence-electron chi connectivity index (χ2n) is 6.32. The molecule has 0 atom stereocenters. The second-order valence-corrected chi connectivity index (χ2v) is 7.32. The molecular formula is C21H13F3N4O2S. The average Bonchev–Trinajstić information content (AvgIpc) is 3.21. The highest BCUT2D eigenvalue weighted by atomic mass is 32.1. The standard InChI is InChI=1S/C21H13F3N4O2S/c22-21(23,24)15-10-12(6-7-16(15)30-14-4-2-1-3-5-14)18-17(19(25)29)28-20(31-18)13-8-9-26-27-11-13/h1-11H,(H2,25,29). The Balaban J connectivity index is 1.81. The molecule has 6 nitrogen and oxygen atoms in total. The van der Waals surface area contributed by atoms with Crippen LogP contribution in [0.25, 0.3) is 21.0 Å². The third-order valence-corrected chi connectivity index (χ3v) is 5.36. The van der Waals surface area contributed by atoms with Gasteiger partial charge >= 0.3 is 6.18 Å². The molecule has 2 N–H and O–H groups in total. The maximum Gasteiger partial charge on any atom is 0.420 e. The summed E-state index contributed by atoms with van der Waals surface area (Å²) in [5.41, 5.74) is 5.03. The van der Waals surface area contributed by atoms with Crippen molar-refractivity contribution in [3.8, 4) is 32.5 Å². The summed E-state index contributed by atoms with van der Waals surface area (Å²) >= 11 is 1.04. The molecule has 0 aliphatic carbocycles. The van der Waals surface area contributed by atoms with Gasteiger partial charge in [-0.2, -0.15) is 23.4 Å². The Morgan fingerprint density at radius 2 is 1.77 bits per heavy atom. The highest BCUT2D eigenvalue weighted by Gasteiger charge is 2.35. The number of ether oxygens (including phenoxy) is 1. The van der Waals surface area contributed by atoms with Crippen LogP contribution in [-0.2, 0) is 6.18 Å². The first-order valence-corrected chi connectivity index (χ1v) is 9.67. The molecule has 1 amide bonds. The number of carbonyl (C=O) groups excluding carboxylic acids is 1. The highest BCUT2D eigenvalue weighted by Crippen LogP contribution is 2.42. The molecular weight excluding hydrogens is 429 g/mol. The van der Waals surface area contributed by atoms with E-state index in [-0.39, 0.29) is 27.6 Å². The van der Waals surface area contributed by atoms with Gasteiger partial charge in [-0.3, -0.25) is 4.79 Å². The van der Waals surface area contributed by atoms with Crippen LogP contribution >= 0.6 is 11.3 Å². The maximum absolute atomic E-state index is 13.8. The van der Waals surface area contributed by atoms with Crippen LogP contribution in [0.3, 0.4) is 0 Å². The molecule has 4 rings (SSSR count). The zero-order chi connectivity index (χ0) is 22.0. The van der Waals surface area contributed by atoms with Gasteiger partial charge in [0.1, 0.15) is 22.2 Å². The van der Waals surface area contributed by atoms with E-state index < -0.39 is 17.6 Å². The molecule has 0 spiro atoms. The van der Waals surface area contributed by atoms with Crippen LogP contribution in [0.15, 0.2) is 67.0 Å². The number of rotatable bonds is 5. The number of para-hydroxylation sites is 1. The second kappa shape index (κ2) is 8.15. The summed E-state index contributed by atoms with van der Waals surface area (Å²) in [6, 6.07) is 13.3. The van der Waals surface area contributed by atoms with Gasteiger partial charge in [0.25, 0.3) is 5.91 Å². The number of primary amides is 1. The van der Waals surface area contributed by atoms with Gasteiger partial charge in [-0.15, -0.1) is 11.3 Å². The lowest BCUT2D eigenvalue weighted by atomic mass is 10.1. The predicted octanol–water partition coefficient (Wildman–Crippen LogP) is 5.18. The van der Waals surface area contributed by atoms with E-state index in [1.165, 1.54) is 24.5 Å². The molecule has 2 aromatic carbocycles. The molecule has 0 aliphatic heterocycles. The molecule has 0 bridgehead atoms. The molecule has 0 unspecified atom stereocenters. The lowest BCUT2D eigenvalue weighted by Crippen LogP contribution is -2.13. The fraction of sp³-hybridized carbons (Fsp3) is 0.0476. The van der Waals surface area contributed by atoms with Gasteiger partial charge in [0.2, 0.25) is 0 Å². The molecule has 2 aromatic heterocycles. The van der Waals surface area contributed by atoms with Crippen LogP contribution in [0.4, 0.5) is 13.2 Å². The van der Waals surface area contributed by atoms with Gasteiger partial charge in [-0.25, -0.2) is 4.98 Å². The largest absolute Gasteiger partial charge is 0.457 e. The number of carbonyl (C=O) groups is 1. The monoisotopic (exact) mass is 442 g/mol. The molecule has 2 heterocycles. The van der Waals surface area contributed by atoms with E-state index in [9.17, 15) is 18.0 Å². The van der Waals surface area contributed by atoms with E-state index in [1.54, 1.807) is 36.4 Å². The van der Waals surface area contributed by atoms with Crippen molar-refractivity contribution in [2.24, 2.45) is 5.73 Å². The number of nitrogens with zero attached hydrogens (tertiary/aromatic N) is 3. The van der Waals surface area contributed by atoms with Crippen molar-refractivity contribution in [3.63, 3.8) is 0 Å². The van der Waals surface area contributed by atoms with Crippen molar-refractivity contribution in [3.05, 3.63) is 78.2 Å². The predicted molar refractivity (Wildman–Crippen MR) is 109 cm³/mol. The smallest absolute Gasteiger partial charge is 0.420 e. The maximum atomic E-state index is 13.8. The van der Waals surface area contributed by atoms with Crippen LogP contribution in [0.5, 0.6) is 11.5 Å². The lowest BCUT2D eigenvalue weighted by Gasteiger charge is -2.15. The first-order valence-electron chi connectivity index (χ1n) is 8.85. The van der Waals surface area contributed by atoms with E-state index in [4.69, 9.17) is 10.5 Å². The number of aromatic nitrogens is 3. The van der Waals surface area contributed by atoms with Crippen molar-refractivity contribution in [2.75, 3.05) is 0 Å². The normalized spacial score (nSPS) is 11.3. The quantitative estimate of drug-likeness (QED) is 0.460. The molecule has 0 saturated heterocycles. The summed E-state index contributed by atoms with van der Waals surface area (Å²) in [5, 5.41) is 7.81. The van der Waals surface area contributed by atoms with Crippen molar-refractivity contribution < 1.29 is 22.7 Å². The van der Waals surface area contributed by atoms with Crippen LogP contribution in [0.1, 0.15) is 16.1 Å². The third-order valence-electron chi connectivity index (χ3n) is 4.21. The molecule has 0 aliphatic rings. The summed E-state index contributed by atoms with van der Waals surface area (Å²) in [5.74, 6) is -0.937. The Kier molecular flexibility index (Phi) is 5.38. The minimum absolute atomic E-state index is 0.123. The molecule has 0 fully saturated rings. The number of hydrogen-bond acceptors (Lipinski definition) is 6. The van der Waals surface area contributed by atoms with Crippen LogP contribution in [0.2, 0.25) is 0 Å². The zero-order valence-corrected chi connectivity index (χ0v) is 16.4. The van der Waals surface area contributed by atoms with Crippen LogP contribution in [0, 0.1) is 0 Å². The minimum Gasteiger partial charge on any atom is -0.457 e. The Bertz CT molecular complexity index is 1230. The number of nitrogens with two attached hydrogens (primary N) is 1. The number of hydrogen-bond donors (Lipinski definition) is 1. The van der Waals surface area contributed by atoms with E-state index in [0.29, 0.717) is 10.6 Å². The average molecular weight is 442 g/mol. The molecule has 31 heavy (non-hydrogen) atoms. The number of alkyl halides is 3. The Morgan fingerprint density at radius 3 is 2.42 bits per heavy atom. The van der Waals surface area contributed by atoms with Gasteiger partial charge < -0.3 is 10.5 Å². The van der Waals surface area contributed by atoms with Crippen molar-refractivity contribution in [2.45, 2.75) is 6.18 Å². The summed E-state index contributed by atoms with van der Waals surface area (Å²) in [6.07, 6.45) is -1.81. The zero-order valence-electron chi connectivity index (χ0n) is 15.6. The molecule has 10 heteroatoms. The number of halogens is 3. The van der Waals surface area contributed by atoms with Crippen LogP contribution < -0.4 is 10.5 Å². The highest BCUT2D eigenvalue weighted by molar-refractivity contribution is 7.18. The molecule has 156 valence electrons. The number of benzene rings is 2. The van der Waals surface area contributed by atoms with Crippen LogP contribution in [-0.4, -0.2) is 21.1 Å². The summed E-state index contributed by atoms with van der Waals surface area (Å²) in [6.45, 7) is 0. The Hall–Kier alpha value is -3.79. The first kappa shape index (κ1) is 20.5. The van der Waals surface area contributed by atoms with Gasteiger partial charge in [-0.1, -0.05) is 18.2 Å². The summed E-state index contributed by atoms with van der Waals surface area (Å²) in [7, 11) is 0. The SMILES string of the molecule is NC(=O)c1nc(-c2ccnnc2)sc1-c1ccc(Oc2ccccc2)c(C(F)(F)F)c1. The summed E-state index contributed by atoms with van der Waals surface area (Å²) in [4.78, 5) is 16.3. The van der Waals surface area contributed by atoms with Gasteiger partial charge in [0.15, 0.2) is 0 Å². The number of amides is 1. The van der Waals surface area contributed by atoms with E-state index in [2.05, 4.69) is 15.2 Å². The van der Waals surface area contributed by atoms with E-state index >= 15 is 0 Å². The van der Waals surface area contributed by atoms with Crippen molar-refractivity contribution >= 4 is 17.2 Å². The van der Waals surface area contributed by atoms with Gasteiger partial charge in [0.05, 0.1) is 22.8 Å². The van der Waals surface area contributed by atoms with Gasteiger partial charge in [-0.05, 0) is 42.0 Å². The molecule has 0 saturated carbocycles. The number of thiazole rings is 1. The van der Waals surface area contributed by atoms with E-state index in [1.807, 2.05) is 0 Å². The Labute approximate surface area is 178 Å². The molecule has 0 radical (unpaired) electrons. The van der Waals surface area contributed by atoms with E-state index in [0.717, 1.165) is 17.4 Å². The lowest BCUT2D eigenvalue weighted by molar-refractivity contribution is -0.138.